The van der Waals surface area contributed by atoms with E-state index < -0.39 is 82.1 Å². The van der Waals surface area contributed by atoms with Gasteiger partial charge in [0.25, 0.3) is 0 Å². The van der Waals surface area contributed by atoms with Crippen molar-refractivity contribution >= 4 is 17.7 Å². The molecule has 3 fully saturated rings. The van der Waals surface area contributed by atoms with Gasteiger partial charge in [-0.15, -0.1) is 0 Å². The SMILES string of the molecule is COC1C(=O)[C@]2(C)C(O)CC3OCC3(O)C2C(OC(=O)c2ccccc2)C2(O)CC(OC(=O)[C@H](C)[C@@H](C)c3ccccc3)C(C)=C1C2(C)C. The van der Waals surface area contributed by atoms with Gasteiger partial charge in [0.05, 0.1) is 35.7 Å². The van der Waals surface area contributed by atoms with Gasteiger partial charge in [-0.3, -0.25) is 9.59 Å². The van der Waals surface area contributed by atoms with Crippen molar-refractivity contribution < 1.29 is 48.7 Å². The van der Waals surface area contributed by atoms with Crippen molar-refractivity contribution in [3.63, 3.8) is 0 Å². The number of carbonyl (C=O) groups excluding carboxylic acids is 3. The van der Waals surface area contributed by atoms with Crippen LogP contribution in [0.5, 0.6) is 0 Å². The zero-order chi connectivity index (χ0) is 35.7. The van der Waals surface area contributed by atoms with Crippen LogP contribution in [0.15, 0.2) is 71.8 Å². The van der Waals surface area contributed by atoms with E-state index >= 15 is 0 Å². The quantitative estimate of drug-likeness (QED) is 0.289. The first-order chi connectivity index (χ1) is 23.0. The molecule has 2 aromatic carbocycles. The fourth-order valence-corrected chi connectivity index (χ4v) is 9.06. The molecule has 49 heavy (non-hydrogen) atoms. The Bertz CT molecular complexity index is 1640. The minimum atomic E-state index is -2.04. The zero-order valence-electron chi connectivity index (χ0n) is 29.2. The first-order valence-corrected chi connectivity index (χ1v) is 17.1. The number of fused-ring (bicyclic) bond motifs is 5. The van der Waals surface area contributed by atoms with Gasteiger partial charge in [0, 0.05) is 31.3 Å². The summed E-state index contributed by atoms with van der Waals surface area (Å²) in [5, 5.41) is 37.3. The van der Waals surface area contributed by atoms with Crippen LogP contribution < -0.4 is 0 Å². The molecule has 3 aliphatic carbocycles. The normalized spacial score (nSPS) is 37.7. The molecule has 3 N–H and O–H groups in total. The second-order valence-electron chi connectivity index (χ2n) is 15.2. The lowest BCUT2D eigenvalue weighted by molar-refractivity contribution is -0.343. The summed E-state index contributed by atoms with van der Waals surface area (Å²) >= 11 is 0. The molecule has 2 saturated carbocycles. The number of Topliss-reactive ketones (excluding diaryl/α,β-unsaturated/α-hetero) is 1. The molecule has 1 saturated heterocycles. The van der Waals surface area contributed by atoms with Crippen molar-refractivity contribution in [1.82, 2.24) is 0 Å². The lowest BCUT2D eigenvalue weighted by Crippen LogP contribution is -2.81. The highest BCUT2D eigenvalue weighted by molar-refractivity contribution is 5.94. The van der Waals surface area contributed by atoms with Gasteiger partial charge in [0.15, 0.2) is 5.78 Å². The average Bonchev–Trinajstić information content (AvgIpc) is 3.09. The Labute approximate surface area is 287 Å². The second-order valence-corrected chi connectivity index (χ2v) is 15.2. The molecule has 2 bridgehead atoms. The number of ketones is 1. The van der Waals surface area contributed by atoms with E-state index in [0.29, 0.717) is 11.1 Å². The smallest absolute Gasteiger partial charge is 0.338 e. The largest absolute Gasteiger partial charge is 0.457 e. The Morgan fingerprint density at radius 3 is 2.14 bits per heavy atom. The van der Waals surface area contributed by atoms with Gasteiger partial charge >= 0.3 is 11.9 Å². The predicted molar refractivity (Wildman–Crippen MR) is 178 cm³/mol. The standard InChI is InChI=1S/C39H48O10/c1-21(24-14-10-8-11-15-24)22(2)34(42)48-26-19-39(45)33(49-35(43)25-16-12-9-13-17-25)31-37(6,27(40)18-28-38(31,44)20-47-28)32(41)30(46-7)29(23(26)3)36(39,4)5/h8-17,21-22,26-28,30-31,33,40,44-45H,18-20H2,1-7H3/t21-,22-,26?,27?,28?,30?,31?,33?,37-,38?,39?/m1/s1. The van der Waals surface area contributed by atoms with Crippen molar-refractivity contribution in [3.8, 4) is 0 Å². The van der Waals surface area contributed by atoms with E-state index in [1.165, 1.54) is 7.11 Å². The van der Waals surface area contributed by atoms with E-state index in [0.717, 1.165) is 5.56 Å². The van der Waals surface area contributed by atoms with Gasteiger partial charge in [-0.05, 0) is 48.6 Å². The monoisotopic (exact) mass is 676 g/mol. The summed E-state index contributed by atoms with van der Waals surface area (Å²) in [6.45, 7) is 10.3. The Morgan fingerprint density at radius 1 is 0.959 bits per heavy atom. The third-order valence-corrected chi connectivity index (χ3v) is 12.5. The van der Waals surface area contributed by atoms with E-state index in [4.69, 9.17) is 18.9 Å². The van der Waals surface area contributed by atoms with Crippen molar-refractivity contribution in [1.29, 1.82) is 0 Å². The highest BCUT2D eigenvalue weighted by Gasteiger charge is 2.76. The van der Waals surface area contributed by atoms with Crippen LogP contribution in [-0.4, -0.2) is 88.5 Å². The molecular weight excluding hydrogens is 628 g/mol. The fraction of sp³-hybridized carbons (Fsp3) is 0.564. The van der Waals surface area contributed by atoms with Crippen LogP contribution in [0, 0.1) is 22.7 Å². The lowest BCUT2D eigenvalue weighted by atomic mass is 9.44. The molecule has 0 radical (unpaired) electrons. The van der Waals surface area contributed by atoms with Gasteiger partial charge in [0.1, 0.15) is 29.5 Å². The third kappa shape index (κ3) is 5.21. The number of esters is 2. The summed E-state index contributed by atoms with van der Waals surface area (Å²) in [7, 11) is 1.38. The van der Waals surface area contributed by atoms with Crippen LogP contribution in [0.4, 0.5) is 0 Å². The highest BCUT2D eigenvalue weighted by Crippen LogP contribution is 2.63. The number of methoxy groups -OCH3 is 1. The zero-order valence-corrected chi connectivity index (χ0v) is 29.2. The maximum Gasteiger partial charge on any atom is 0.338 e. The van der Waals surface area contributed by atoms with Crippen molar-refractivity contribution in [3.05, 3.63) is 82.9 Å². The third-order valence-electron chi connectivity index (χ3n) is 12.5. The molecule has 8 unspecified atom stereocenters. The van der Waals surface area contributed by atoms with Crippen LogP contribution in [0.1, 0.15) is 76.2 Å². The number of ether oxygens (including phenoxy) is 4. The first-order valence-electron chi connectivity index (χ1n) is 17.1. The molecule has 4 aliphatic rings. The summed E-state index contributed by atoms with van der Waals surface area (Å²) < 4.78 is 24.2. The number of hydrogen-bond donors (Lipinski definition) is 3. The molecule has 2 aromatic rings. The summed E-state index contributed by atoms with van der Waals surface area (Å²) in [4.78, 5) is 42.7. The Balaban J connectivity index is 1.51. The molecule has 1 heterocycles. The predicted octanol–water partition coefficient (Wildman–Crippen LogP) is 4.16. The number of benzene rings is 2. The Hall–Kier alpha value is -3.41. The van der Waals surface area contributed by atoms with Crippen molar-refractivity contribution in [2.45, 2.75) is 102 Å². The van der Waals surface area contributed by atoms with Crippen LogP contribution >= 0.6 is 0 Å². The molecule has 1 aliphatic heterocycles. The molecule has 264 valence electrons. The van der Waals surface area contributed by atoms with Gasteiger partial charge in [-0.2, -0.15) is 0 Å². The maximum atomic E-state index is 14.9. The van der Waals surface area contributed by atoms with Gasteiger partial charge in [-0.25, -0.2) is 4.79 Å². The highest BCUT2D eigenvalue weighted by atomic mass is 16.6. The number of aliphatic hydroxyl groups excluding tert-OH is 1. The molecule has 0 spiro atoms. The summed E-state index contributed by atoms with van der Waals surface area (Å²) in [5.41, 5.74) is -4.76. The molecule has 10 nitrogen and oxygen atoms in total. The number of aliphatic hydroxyl groups is 3. The van der Waals surface area contributed by atoms with Crippen LogP contribution in [0.25, 0.3) is 0 Å². The van der Waals surface area contributed by atoms with E-state index in [1.807, 2.05) is 37.3 Å². The van der Waals surface area contributed by atoms with E-state index in [1.54, 1.807) is 65.0 Å². The van der Waals surface area contributed by atoms with Gasteiger partial charge in [-0.1, -0.05) is 76.2 Å². The van der Waals surface area contributed by atoms with Crippen LogP contribution in [0.3, 0.4) is 0 Å². The number of hydrogen-bond acceptors (Lipinski definition) is 10. The fourth-order valence-electron chi connectivity index (χ4n) is 9.06. The summed E-state index contributed by atoms with van der Waals surface area (Å²) in [6, 6.07) is 17.9. The van der Waals surface area contributed by atoms with Gasteiger partial charge < -0.3 is 34.3 Å². The summed E-state index contributed by atoms with van der Waals surface area (Å²) in [5.74, 6) is -3.88. The van der Waals surface area contributed by atoms with Crippen LogP contribution in [-0.2, 0) is 28.5 Å². The van der Waals surface area contributed by atoms with E-state index in [-0.39, 0.29) is 30.9 Å². The molecule has 0 amide bonds. The Morgan fingerprint density at radius 2 is 1.57 bits per heavy atom. The molecule has 6 rings (SSSR count). The first kappa shape index (κ1) is 35.4. The maximum absolute atomic E-state index is 14.9. The topological polar surface area (TPSA) is 149 Å². The van der Waals surface area contributed by atoms with E-state index in [9.17, 15) is 29.7 Å². The second kappa shape index (κ2) is 12.4. The minimum absolute atomic E-state index is 0.0391. The number of carbonyl (C=O) groups is 3. The molecule has 0 aromatic heterocycles. The van der Waals surface area contributed by atoms with Gasteiger partial charge in [0.2, 0.25) is 0 Å². The number of rotatable bonds is 7. The summed E-state index contributed by atoms with van der Waals surface area (Å²) in [6.07, 6.45) is -6.32. The average molecular weight is 677 g/mol. The van der Waals surface area contributed by atoms with Crippen molar-refractivity contribution in [2.75, 3.05) is 13.7 Å². The van der Waals surface area contributed by atoms with E-state index in [2.05, 4.69) is 0 Å². The molecule has 11 atom stereocenters. The molecule has 10 heteroatoms. The van der Waals surface area contributed by atoms with Crippen LogP contribution in [0.2, 0.25) is 0 Å². The van der Waals surface area contributed by atoms with Crippen molar-refractivity contribution in [2.24, 2.45) is 22.7 Å². The lowest BCUT2D eigenvalue weighted by Gasteiger charge is -2.67. The Kier molecular flexibility index (Phi) is 8.98. The molecular formula is C39H48O10. The minimum Gasteiger partial charge on any atom is -0.457 e.